The van der Waals surface area contributed by atoms with Crippen LogP contribution in [0, 0.1) is 0 Å². The molecule has 2 aromatic carbocycles. The molecule has 2 aliphatic heterocycles. The minimum atomic E-state index is 0.216. The predicted octanol–water partition coefficient (Wildman–Crippen LogP) is 4.01. The van der Waals surface area contributed by atoms with Gasteiger partial charge >= 0.3 is 0 Å². The normalized spacial score (nSPS) is 18.5. The number of ether oxygens (including phenoxy) is 3. The molecule has 122 valence electrons. The molecule has 0 aliphatic carbocycles. The summed E-state index contributed by atoms with van der Waals surface area (Å²) in [4.78, 5) is 2.21. The molecule has 0 aromatic heterocycles. The molecule has 0 N–H and O–H groups in total. The van der Waals surface area contributed by atoms with E-state index < -0.39 is 0 Å². The monoisotopic (exact) mass is 321 g/mol. The molecule has 24 heavy (non-hydrogen) atoms. The van der Waals surface area contributed by atoms with E-state index >= 15 is 0 Å². The number of rotatable bonds is 3. The van der Waals surface area contributed by atoms with Crippen molar-refractivity contribution in [2.75, 3.05) is 21.0 Å². The molecule has 1 atom stereocenters. The summed E-state index contributed by atoms with van der Waals surface area (Å²) < 4.78 is 16.1. The second-order valence-corrected chi connectivity index (χ2v) is 5.90. The van der Waals surface area contributed by atoms with Crippen molar-refractivity contribution in [3.05, 3.63) is 71.9 Å². The molecule has 0 saturated carbocycles. The minimum Gasteiger partial charge on any atom is -0.497 e. The molecule has 2 aromatic rings. The fourth-order valence-corrected chi connectivity index (χ4v) is 3.07. The Morgan fingerprint density at radius 1 is 1.04 bits per heavy atom. The van der Waals surface area contributed by atoms with Crippen LogP contribution in [0.4, 0.5) is 0 Å². The molecule has 2 heterocycles. The molecule has 4 rings (SSSR count). The Hall–Kier alpha value is -2.88. The molecule has 0 bridgehead atoms. The van der Waals surface area contributed by atoms with Crippen LogP contribution in [0.15, 0.2) is 60.8 Å². The van der Waals surface area contributed by atoms with E-state index in [1.165, 1.54) is 5.56 Å². The first-order valence-corrected chi connectivity index (χ1v) is 7.90. The maximum absolute atomic E-state index is 5.47. The number of likely N-dealkylation sites (N-methyl/N-ethyl adjacent to an activating group) is 1. The van der Waals surface area contributed by atoms with Crippen molar-refractivity contribution in [3.63, 3.8) is 0 Å². The van der Waals surface area contributed by atoms with Gasteiger partial charge in [-0.2, -0.15) is 0 Å². The highest BCUT2D eigenvalue weighted by Crippen LogP contribution is 2.36. The molecule has 0 amide bonds. The second kappa shape index (κ2) is 5.96. The van der Waals surface area contributed by atoms with E-state index in [2.05, 4.69) is 48.5 Å². The topological polar surface area (TPSA) is 30.9 Å². The van der Waals surface area contributed by atoms with Gasteiger partial charge in [-0.15, -0.1) is 0 Å². The summed E-state index contributed by atoms with van der Waals surface area (Å²) in [5.41, 5.74) is 3.51. The highest BCUT2D eigenvalue weighted by Gasteiger charge is 2.19. The van der Waals surface area contributed by atoms with E-state index in [0.717, 1.165) is 28.4 Å². The minimum absolute atomic E-state index is 0.216. The molecule has 0 saturated heterocycles. The molecule has 2 aliphatic rings. The first-order valence-electron chi connectivity index (χ1n) is 7.90. The van der Waals surface area contributed by atoms with E-state index in [0.29, 0.717) is 6.79 Å². The summed E-state index contributed by atoms with van der Waals surface area (Å²) in [7, 11) is 3.77. The average Bonchev–Trinajstić information content (AvgIpc) is 3.09. The lowest BCUT2D eigenvalue weighted by Gasteiger charge is -2.29. The zero-order valence-electron chi connectivity index (χ0n) is 13.7. The lowest BCUT2D eigenvalue weighted by Crippen LogP contribution is -2.20. The van der Waals surface area contributed by atoms with Crippen molar-refractivity contribution in [1.82, 2.24) is 4.90 Å². The van der Waals surface area contributed by atoms with Gasteiger partial charge < -0.3 is 19.1 Å². The first kappa shape index (κ1) is 14.7. The third kappa shape index (κ3) is 2.60. The lowest BCUT2D eigenvalue weighted by molar-refractivity contribution is 0.174. The van der Waals surface area contributed by atoms with Crippen LogP contribution in [0.2, 0.25) is 0 Å². The number of hydrogen-bond donors (Lipinski definition) is 0. The SMILES string of the molecule is COc1ccc(C2C=CC(c3ccc4c(c3)OCO4)=CN2C)cc1. The Balaban J connectivity index is 1.57. The molecule has 0 spiro atoms. The van der Waals surface area contributed by atoms with Crippen LogP contribution in [0.5, 0.6) is 17.2 Å². The molecular weight excluding hydrogens is 302 g/mol. The van der Waals surface area contributed by atoms with Gasteiger partial charge in [-0.3, -0.25) is 0 Å². The van der Waals surface area contributed by atoms with E-state index in [1.54, 1.807) is 7.11 Å². The summed E-state index contributed by atoms with van der Waals surface area (Å²) in [5, 5.41) is 0. The van der Waals surface area contributed by atoms with Gasteiger partial charge in [-0.1, -0.05) is 30.4 Å². The molecule has 4 heteroatoms. The van der Waals surface area contributed by atoms with Crippen LogP contribution < -0.4 is 14.2 Å². The second-order valence-electron chi connectivity index (χ2n) is 5.90. The number of benzene rings is 2. The number of allylic oxidation sites excluding steroid dienone is 2. The van der Waals surface area contributed by atoms with Crippen LogP contribution in [0.1, 0.15) is 17.2 Å². The molecule has 0 fully saturated rings. The predicted molar refractivity (Wildman–Crippen MR) is 93.2 cm³/mol. The summed E-state index contributed by atoms with van der Waals surface area (Å²) in [6.45, 7) is 0.299. The molecule has 4 nitrogen and oxygen atoms in total. The highest BCUT2D eigenvalue weighted by molar-refractivity contribution is 5.76. The smallest absolute Gasteiger partial charge is 0.231 e. The summed E-state index contributed by atoms with van der Waals surface area (Å²) >= 11 is 0. The first-order chi connectivity index (χ1) is 11.7. The van der Waals surface area contributed by atoms with Crippen LogP contribution in [0.25, 0.3) is 5.57 Å². The van der Waals surface area contributed by atoms with Gasteiger partial charge in [-0.25, -0.2) is 0 Å². The number of hydrogen-bond acceptors (Lipinski definition) is 4. The van der Waals surface area contributed by atoms with Gasteiger partial charge in [0.25, 0.3) is 0 Å². The summed E-state index contributed by atoms with van der Waals surface area (Å²) in [6, 6.07) is 14.5. The summed E-state index contributed by atoms with van der Waals surface area (Å²) in [5.74, 6) is 2.49. The van der Waals surface area contributed by atoms with Crippen LogP contribution in [-0.4, -0.2) is 25.9 Å². The van der Waals surface area contributed by atoms with Crippen LogP contribution in [0.3, 0.4) is 0 Å². The van der Waals surface area contributed by atoms with Crippen molar-refractivity contribution >= 4 is 5.57 Å². The maximum Gasteiger partial charge on any atom is 0.231 e. The van der Waals surface area contributed by atoms with Crippen molar-refractivity contribution in [1.29, 1.82) is 0 Å². The fourth-order valence-electron chi connectivity index (χ4n) is 3.07. The Morgan fingerprint density at radius 3 is 2.58 bits per heavy atom. The number of fused-ring (bicyclic) bond motifs is 1. The van der Waals surface area contributed by atoms with E-state index in [4.69, 9.17) is 14.2 Å². The van der Waals surface area contributed by atoms with Gasteiger partial charge in [0.2, 0.25) is 6.79 Å². The Labute approximate surface area is 141 Å². The quantitative estimate of drug-likeness (QED) is 0.855. The fraction of sp³-hybridized carbons (Fsp3) is 0.200. The number of nitrogens with zero attached hydrogens (tertiary/aromatic N) is 1. The zero-order chi connectivity index (χ0) is 16.5. The Kier molecular flexibility index (Phi) is 3.65. The van der Waals surface area contributed by atoms with Gasteiger partial charge in [0.05, 0.1) is 13.2 Å². The standard InChI is InChI=1S/C20H19NO3/c1-21-12-16(15-6-10-19-20(11-15)24-13-23-19)5-9-18(21)14-3-7-17(22-2)8-4-14/h3-12,18H,13H2,1-2H3. The van der Waals surface area contributed by atoms with Gasteiger partial charge in [-0.05, 0) is 41.0 Å². The Morgan fingerprint density at radius 2 is 1.83 bits per heavy atom. The van der Waals surface area contributed by atoms with E-state index in [9.17, 15) is 0 Å². The maximum atomic E-state index is 5.47. The highest BCUT2D eigenvalue weighted by atomic mass is 16.7. The van der Waals surface area contributed by atoms with Crippen molar-refractivity contribution < 1.29 is 14.2 Å². The van der Waals surface area contributed by atoms with Crippen LogP contribution in [-0.2, 0) is 0 Å². The number of methoxy groups -OCH3 is 1. The zero-order valence-corrected chi connectivity index (χ0v) is 13.7. The molecule has 0 radical (unpaired) electrons. The third-order valence-corrected chi connectivity index (χ3v) is 4.40. The van der Waals surface area contributed by atoms with E-state index in [-0.39, 0.29) is 6.04 Å². The van der Waals surface area contributed by atoms with Gasteiger partial charge in [0, 0.05) is 13.2 Å². The largest absolute Gasteiger partial charge is 0.497 e. The van der Waals surface area contributed by atoms with Crippen molar-refractivity contribution in [2.45, 2.75) is 6.04 Å². The summed E-state index contributed by atoms with van der Waals surface area (Å²) in [6.07, 6.45) is 6.53. The average molecular weight is 321 g/mol. The lowest BCUT2D eigenvalue weighted by atomic mass is 9.98. The van der Waals surface area contributed by atoms with E-state index in [1.807, 2.05) is 24.3 Å². The van der Waals surface area contributed by atoms with Crippen molar-refractivity contribution in [3.8, 4) is 17.2 Å². The molecular formula is C20H19NO3. The molecule has 1 unspecified atom stereocenters. The Bertz CT molecular complexity index is 808. The van der Waals surface area contributed by atoms with Crippen LogP contribution >= 0.6 is 0 Å². The third-order valence-electron chi connectivity index (χ3n) is 4.40. The van der Waals surface area contributed by atoms with Crippen molar-refractivity contribution in [2.24, 2.45) is 0 Å². The van der Waals surface area contributed by atoms with Gasteiger partial charge in [0.15, 0.2) is 11.5 Å². The van der Waals surface area contributed by atoms with Gasteiger partial charge in [0.1, 0.15) is 5.75 Å².